The molecule has 0 aromatic carbocycles. The maximum Gasteiger partial charge on any atom is 0.312 e. The Morgan fingerprint density at radius 1 is 1.43 bits per heavy atom. The van der Waals surface area contributed by atoms with Gasteiger partial charge in [0, 0.05) is 13.1 Å². The average Bonchev–Trinajstić information content (AvgIpc) is 2.43. The SMILES string of the molecule is C=CC(=O)N1CC=CC(NC(=O)[C@@H](NC(N)=O)C(C)C)C1. The number of hydrogen-bond acceptors (Lipinski definition) is 3. The molecule has 116 valence electrons. The van der Waals surface area contributed by atoms with Gasteiger partial charge in [-0.1, -0.05) is 32.6 Å². The minimum Gasteiger partial charge on any atom is -0.352 e. The van der Waals surface area contributed by atoms with E-state index in [1.54, 1.807) is 4.90 Å². The number of urea groups is 1. The number of carbonyl (C=O) groups excluding carboxylic acids is 3. The summed E-state index contributed by atoms with van der Waals surface area (Å²) in [6.07, 6.45) is 4.87. The molecular formula is C14H22N4O3. The lowest BCUT2D eigenvalue weighted by molar-refractivity contribution is -0.128. The van der Waals surface area contributed by atoms with Crippen molar-refractivity contribution in [2.24, 2.45) is 11.7 Å². The van der Waals surface area contributed by atoms with Crippen molar-refractivity contribution in [1.82, 2.24) is 15.5 Å². The Bertz CT molecular complexity index is 459. The Kier molecular flexibility index (Phi) is 5.95. The number of primary amides is 1. The second-order valence-corrected chi connectivity index (χ2v) is 5.22. The van der Waals surface area contributed by atoms with Gasteiger partial charge in [0.1, 0.15) is 6.04 Å². The van der Waals surface area contributed by atoms with Gasteiger partial charge in [-0.15, -0.1) is 0 Å². The highest BCUT2D eigenvalue weighted by atomic mass is 16.2. The van der Waals surface area contributed by atoms with E-state index in [0.29, 0.717) is 13.1 Å². The molecule has 0 aromatic heterocycles. The standard InChI is InChI=1S/C14H22N4O3/c1-4-11(19)18-7-5-6-10(8-18)16-13(20)12(9(2)3)17-14(15)21/h4-6,9-10,12H,1,7-8H2,2-3H3,(H,16,20)(H3,15,17,21)/t10?,12-/m0/s1. The summed E-state index contributed by atoms with van der Waals surface area (Å²) in [5.41, 5.74) is 5.07. The predicted molar refractivity (Wildman–Crippen MR) is 79.2 cm³/mol. The van der Waals surface area contributed by atoms with Gasteiger partial charge in [0.2, 0.25) is 11.8 Å². The van der Waals surface area contributed by atoms with E-state index in [1.807, 2.05) is 26.0 Å². The first kappa shape index (κ1) is 16.7. The maximum atomic E-state index is 12.2. The molecule has 7 heteroatoms. The highest BCUT2D eigenvalue weighted by molar-refractivity contribution is 5.88. The van der Waals surface area contributed by atoms with Crippen LogP contribution in [0.4, 0.5) is 4.79 Å². The lowest BCUT2D eigenvalue weighted by Crippen LogP contribution is -2.55. The fourth-order valence-corrected chi connectivity index (χ4v) is 2.09. The van der Waals surface area contributed by atoms with Crippen LogP contribution >= 0.6 is 0 Å². The molecular weight excluding hydrogens is 272 g/mol. The molecule has 0 saturated heterocycles. The predicted octanol–water partition coefficient (Wildman–Crippen LogP) is -0.251. The molecule has 1 unspecified atom stereocenters. The van der Waals surface area contributed by atoms with Crippen molar-refractivity contribution in [3.05, 3.63) is 24.8 Å². The van der Waals surface area contributed by atoms with Crippen LogP contribution < -0.4 is 16.4 Å². The summed E-state index contributed by atoms with van der Waals surface area (Å²) in [5.74, 6) is -0.614. The summed E-state index contributed by atoms with van der Waals surface area (Å²) >= 11 is 0. The average molecular weight is 294 g/mol. The quantitative estimate of drug-likeness (QED) is 0.481. The van der Waals surface area contributed by atoms with Gasteiger partial charge in [0.25, 0.3) is 0 Å². The van der Waals surface area contributed by atoms with E-state index in [1.165, 1.54) is 6.08 Å². The van der Waals surface area contributed by atoms with Crippen LogP contribution in [0, 0.1) is 5.92 Å². The molecule has 21 heavy (non-hydrogen) atoms. The molecule has 4 amide bonds. The minimum absolute atomic E-state index is 0.101. The number of nitrogens with two attached hydrogens (primary N) is 1. The van der Waals surface area contributed by atoms with E-state index in [-0.39, 0.29) is 23.8 Å². The number of carbonyl (C=O) groups is 3. The summed E-state index contributed by atoms with van der Waals surface area (Å²) in [6.45, 7) is 7.92. The number of nitrogens with zero attached hydrogens (tertiary/aromatic N) is 1. The molecule has 0 bridgehead atoms. The van der Waals surface area contributed by atoms with E-state index in [4.69, 9.17) is 5.73 Å². The molecule has 0 radical (unpaired) electrons. The van der Waals surface area contributed by atoms with Crippen LogP contribution in [0.2, 0.25) is 0 Å². The summed E-state index contributed by atoms with van der Waals surface area (Å²) in [6, 6.07) is -1.75. The molecule has 0 aliphatic carbocycles. The van der Waals surface area contributed by atoms with Crippen molar-refractivity contribution in [2.75, 3.05) is 13.1 Å². The summed E-state index contributed by atoms with van der Waals surface area (Å²) < 4.78 is 0. The Hall–Kier alpha value is -2.31. The van der Waals surface area contributed by atoms with E-state index in [2.05, 4.69) is 17.2 Å². The summed E-state index contributed by atoms with van der Waals surface area (Å²) in [5, 5.41) is 5.21. The van der Waals surface area contributed by atoms with Crippen LogP contribution in [0.15, 0.2) is 24.8 Å². The van der Waals surface area contributed by atoms with Gasteiger partial charge < -0.3 is 21.3 Å². The third-order valence-corrected chi connectivity index (χ3v) is 3.17. The Morgan fingerprint density at radius 3 is 2.62 bits per heavy atom. The minimum atomic E-state index is -0.744. The van der Waals surface area contributed by atoms with Gasteiger partial charge in [0.05, 0.1) is 6.04 Å². The van der Waals surface area contributed by atoms with E-state index >= 15 is 0 Å². The van der Waals surface area contributed by atoms with Gasteiger partial charge in [-0.25, -0.2) is 4.79 Å². The molecule has 0 fully saturated rings. The van der Waals surface area contributed by atoms with Crippen LogP contribution in [0.3, 0.4) is 0 Å². The van der Waals surface area contributed by atoms with Crippen LogP contribution in [-0.2, 0) is 9.59 Å². The Morgan fingerprint density at radius 2 is 2.10 bits per heavy atom. The highest BCUT2D eigenvalue weighted by Crippen LogP contribution is 2.06. The first-order chi connectivity index (χ1) is 9.85. The first-order valence-electron chi connectivity index (χ1n) is 6.79. The van der Waals surface area contributed by atoms with Gasteiger partial charge in [0.15, 0.2) is 0 Å². The highest BCUT2D eigenvalue weighted by Gasteiger charge is 2.26. The zero-order chi connectivity index (χ0) is 16.0. The number of nitrogens with one attached hydrogen (secondary N) is 2. The third-order valence-electron chi connectivity index (χ3n) is 3.17. The Balaban J connectivity index is 2.66. The van der Waals surface area contributed by atoms with Crippen LogP contribution in [0.5, 0.6) is 0 Å². The lowest BCUT2D eigenvalue weighted by Gasteiger charge is -2.30. The fraction of sp³-hybridized carbons (Fsp3) is 0.500. The van der Waals surface area contributed by atoms with Crippen molar-refractivity contribution in [3.8, 4) is 0 Å². The van der Waals surface area contributed by atoms with E-state index in [0.717, 1.165) is 0 Å². The van der Waals surface area contributed by atoms with Crippen molar-refractivity contribution in [2.45, 2.75) is 25.9 Å². The molecule has 2 atom stereocenters. The molecule has 1 aliphatic rings. The fourth-order valence-electron chi connectivity index (χ4n) is 2.09. The monoisotopic (exact) mass is 294 g/mol. The number of rotatable bonds is 5. The molecule has 1 heterocycles. The van der Waals surface area contributed by atoms with Crippen molar-refractivity contribution in [3.63, 3.8) is 0 Å². The molecule has 1 rings (SSSR count). The molecule has 0 saturated carbocycles. The normalized spacial score (nSPS) is 19.0. The third kappa shape index (κ3) is 4.94. The largest absolute Gasteiger partial charge is 0.352 e. The topological polar surface area (TPSA) is 105 Å². The second kappa shape index (κ2) is 7.47. The maximum absolute atomic E-state index is 12.2. The zero-order valence-corrected chi connectivity index (χ0v) is 12.3. The Labute approximate surface area is 124 Å². The van der Waals surface area contributed by atoms with Crippen molar-refractivity contribution < 1.29 is 14.4 Å². The van der Waals surface area contributed by atoms with Crippen molar-refractivity contribution >= 4 is 17.8 Å². The second-order valence-electron chi connectivity index (χ2n) is 5.22. The zero-order valence-electron chi connectivity index (χ0n) is 12.3. The smallest absolute Gasteiger partial charge is 0.312 e. The van der Waals surface area contributed by atoms with Crippen LogP contribution in [-0.4, -0.2) is 47.9 Å². The van der Waals surface area contributed by atoms with Crippen molar-refractivity contribution in [1.29, 1.82) is 0 Å². The first-order valence-corrected chi connectivity index (χ1v) is 6.79. The lowest BCUT2D eigenvalue weighted by atomic mass is 10.0. The van der Waals surface area contributed by atoms with E-state index in [9.17, 15) is 14.4 Å². The van der Waals surface area contributed by atoms with Gasteiger partial charge in [-0.3, -0.25) is 9.59 Å². The van der Waals surface area contributed by atoms with Gasteiger partial charge >= 0.3 is 6.03 Å². The number of amides is 4. The summed E-state index contributed by atoms with van der Waals surface area (Å²) in [4.78, 5) is 36.3. The molecule has 4 N–H and O–H groups in total. The van der Waals surface area contributed by atoms with Crippen LogP contribution in [0.1, 0.15) is 13.8 Å². The summed E-state index contributed by atoms with van der Waals surface area (Å²) in [7, 11) is 0. The molecule has 0 aromatic rings. The molecule has 1 aliphatic heterocycles. The number of hydrogen-bond donors (Lipinski definition) is 3. The molecule has 7 nitrogen and oxygen atoms in total. The van der Waals surface area contributed by atoms with E-state index < -0.39 is 12.1 Å². The molecule has 0 spiro atoms. The van der Waals surface area contributed by atoms with Crippen LogP contribution in [0.25, 0.3) is 0 Å². The van der Waals surface area contributed by atoms with Gasteiger partial charge in [-0.2, -0.15) is 0 Å². The van der Waals surface area contributed by atoms with Gasteiger partial charge in [-0.05, 0) is 12.0 Å².